The summed E-state index contributed by atoms with van der Waals surface area (Å²) in [5.41, 5.74) is 1.47. The van der Waals surface area contributed by atoms with Crippen LogP contribution >= 0.6 is 11.8 Å². The first-order valence-corrected chi connectivity index (χ1v) is 11.3. The number of para-hydroxylation sites is 1. The number of carbonyl (C=O) groups excluding carboxylic acids is 1. The van der Waals surface area contributed by atoms with Crippen molar-refractivity contribution in [3.63, 3.8) is 0 Å². The minimum atomic E-state index is -0.464. The number of aromatic nitrogens is 3. The van der Waals surface area contributed by atoms with E-state index in [0.717, 1.165) is 5.56 Å². The van der Waals surface area contributed by atoms with Gasteiger partial charge in [0.15, 0.2) is 11.0 Å². The predicted octanol–water partition coefficient (Wildman–Crippen LogP) is 4.81. The van der Waals surface area contributed by atoms with Gasteiger partial charge in [0.25, 0.3) is 5.56 Å². The van der Waals surface area contributed by atoms with Gasteiger partial charge in [0, 0.05) is 6.07 Å². The van der Waals surface area contributed by atoms with Crippen molar-refractivity contribution in [3.05, 3.63) is 82.3 Å². The average Bonchev–Trinajstić information content (AvgIpc) is 3.22. The normalized spacial score (nSPS) is 13.1. The number of nitrogens with zero attached hydrogens (tertiary/aromatic N) is 3. The van der Waals surface area contributed by atoms with Crippen LogP contribution in [-0.4, -0.2) is 25.9 Å². The second-order valence-corrected chi connectivity index (χ2v) is 8.67. The lowest BCUT2D eigenvalue weighted by atomic mass is 10.1. The summed E-state index contributed by atoms with van der Waals surface area (Å²) in [7, 11) is 0. The van der Waals surface area contributed by atoms with E-state index in [9.17, 15) is 9.59 Å². The Balaban J connectivity index is 1.74. The van der Waals surface area contributed by atoms with Gasteiger partial charge in [-0.1, -0.05) is 66.3 Å². The summed E-state index contributed by atoms with van der Waals surface area (Å²) in [4.78, 5) is 31.2. The highest BCUT2D eigenvalue weighted by atomic mass is 32.2. The maximum Gasteiger partial charge on any atom is 0.262 e. The Labute approximate surface area is 189 Å². The van der Waals surface area contributed by atoms with E-state index >= 15 is 0 Å². The lowest BCUT2D eigenvalue weighted by Gasteiger charge is -2.22. The molecule has 0 bridgehead atoms. The molecule has 4 rings (SSSR count). The lowest BCUT2D eigenvalue weighted by Crippen LogP contribution is -2.30. The van der Waals surface area contributed by atoms with E-state index in [-0.39, 0.29) is 17.5 Å². The number of thioether (sulfide) groups is 1. The number of fused-ring (bicyclic) bond motifs is 1. The first-order chi connectivity index (χ1) is 15.5. The van der Waals surface area contributed by atoms with Gasteiger partial charge in [0.05, 0.1) is 22.2 Å². The van der Waals surface area contributed by atoms with Gasteiger partial charge in [-0.15, -0.1) is 0 Å². The van der Waals surface area contributed by atoms with E-state index in [2.05, 4.69) is 10.5 Å². The van der Waals surface area contributed by atoms with Crippen LogP contribution in [0.25, 0.3) is 10.9 Å². The molecule has 1 N–H and O–H groups in total. The number of benzene rings is 2. The van der Waals surface area contributed by atoms with E-state index in [0.29, 0.717) is 34.1 Å². The Morgan fingerprint density at radius 1 is 1.16 bits per heavy atom. The van der Waals surface area contributed by atoms with Crippen molar-refractivity contribution in [2.45, 2.75) is 43.6 Å². The summed E-state index contributed by atoms with van der Waals surface area (Å²) in [6.45, 7) is 5.66. The van der Waals surface area contributed by atoms with Crippen LogP contribution in [0.2, 0.25) is 0 Å². The van der Waals surface area contributed by atoms with Crippen molar-refractivity contribution < 1.29 is 9.32 Å². The number of carbonyl (C=O) groups is 1. The zero-order valence-electron chi connectivity index (χ0n) is 18.1. The Bertz CT molecular complexity index is 1300. The highest BCUT2D eigenvalue weighted by molar-refractivity contribution is 8.00. The Kier molecular flexibility index (Phi) is 6.41. The SMILES string of the molecule is CC[C@@H](Sc1nc2ccccc2c(=O)n1[C@H](C)c1ccccc1)C(=O)Nc1cc(C)on1. The molecule has 8 heteroatoms. The highest BCUT2D eigenvalue weighted by Crippen LogP contribution is 2.29. The van der Waals surface area contributed by atoms with Crippen LogP contribution in [0.5, 0.6) is 0 Å². The molecule has 0 fully saturated rings. The largest absolute Gasteiger partial charge is 0.360 e. The van der Waals surface area contributed by atoms with Crippen LogP contribution in [0.3, 0.4) is 0 Å². The van der Waals surface area contributed by atoms with Crippen LogP contribution in [0.1, 0.15) is 37.6 Å². The van der Waals surface area contributed by atoms with Gasteiger partial charge in [0.2, 0.25) is 5.91 Å². The zero-order valence-corrected chi connectivity index (χ0v) is 18.9. The molecule has 0 unspecified atom stereocenters. The molecule has 2 atom stereocenters. The summed E-state index contributed by atoms with van der Waals surface area (Å²) < 4.78 is 6.71. The van der Waals surface area contributed by atoms with Crippen molar-refractivity contribution >= 4 is 34.4 Å². The fraction of sp³-hybridized carbons (Fsp3) is 0.250. The van der Waals surface area contributed by atoms with Crippen molar-refractivity contribution in [2.75, 3.05) is 5.32 Å². The molecule has 32 heavy (non-hydrogen) atoms. The van der Waals surface area contributed by atoms with Crippen molar-refractivity contribution in [2.24, 2.45) is 0 Å². The number of amides is 1. The zero-order chi connectivity index (χ0) is 22.7. The first kappa shape index (κ1) is 21.8. The molecule has 2 aromatic carbocycles. The van der Waals surface area contributed by atoms with Gasteiger partial charge < -0.3 is 9.84 Å². The lowest BCUT2D eigenvalue weighted by molar-refractivity contribution is -0.115. The number of hydrogen-bond donors (Lipinski definition) is 1. The molecule has 0 radical (unpaired) electrons. The molecule has 0 aliphatic carbocycles. The van der Waals surface area contributed by atoms with E-state index in [4.69, 9.17) is 9.51 Å². The maximum atomic E-state index is 13.5. The molecule has 0 spiro atoms. The molecule has 2 aromatic heterocycles. The van der Waals surface area contributed by atoms with Crippen molar-refractivity contribution in [1.82, 2.24) is 14.7 Å². The second kappa shape index (κ2) is 9.40. The van der Waals surface area contributed by atoms with Crippen molar-refractivity contribution in [3.8, 4) is 0 Å². The van der Waals surface area contributed by atoms with E-state index in [1.807, 2.05) is 62.4 Å². The second-order valence-electron chi connectivity index (χ2n) is 7.50. The third kappa shape index (κ3) is 4.45. The number of aryl methyl sites for hydroxylation is 1. The van der Waals surface area contributed by atoms with Crippen LogP contribution in [0.15, 0.2) is 75.1 Å². The topological polar surface area (TPSA) is 90.0 Å². The Morgan fingerprint density at radius 3 is 2.56 bits per heavy atom. The molecule has 2 heterocycles. The average molecular weight is 449 g/mol. The van der Waals surface area contributed by atoms with Crippen molar-refractivity contribution in [1.29, 1.82) is 0 Å². The molecule has 1 amide bonds. The van der Waals surface area contributed by atoms with Crippen LogP contribution < -0.4 is 10.9 Å². The summed E-state index contributed by atoms with van der Waals surface area (Å²) >= 11 is 1.28. The number of anilines is 1. The fourth-order valence-electron chi connectivity index (χ4n) is 3.51. The molecule has 0 saturated carbocycles. The standard InChI is InChI=1S/C24H24N4O3S/c1-4-20(22(29)26-21-14-15(2)31-27-21)32-24-25-19-13-9-8-12-18(19)23(30)28(24)16(3)17-10-6-5-7-11-17/h5-14,16,20H,4H2,1-3H3,(H,26,27,29)/t16-,20-/m1/s1. The van der Waals surface area contributed by atoms with Crippen LogP contribution in [0, 0.1) is 6.92 Å². The summed E-state index contributed by atoms with van der Waals surface area (Å²) in [5.74, 6) is 0.767. The summed E-state index contributed by atoms with van der Waals surface area (Å²) in [5, 5.41) is 7.21. The molecule has 7 nitrogen and oxygen atoms in total. The predicted molar refractivity (Wildman–Crippen MR) is 126 cm³/mol. The van der Waals surface area contributed by atoms with Gasteiger partial charge in [-0.25, -0.2) is 4.98 Å². The maximum absolute atomic E-state index is 13.5. The third-order valence-electron chi connectivity index (χ3n) is 5.23. The molecule has 164 valence electrons. The quantitative estimate of drug-likeness (QED) is 0.322. The Hall–Kier alpha value is -3.39. The first-order valence-electron chi connectivity index (χ1n) is 10.4. The third-order valence-corrected chi connectivity index (χ3v) is 6.57. The molecular formula is C24H24N4O3S. The van der Waals surface area contributed by atoms with Gasteiger partial charge in [-0.05, 0) is 38.0 Å². The number of hydrogen-bond acceptors (Lipinski definition) is 6. The summed E-state index contributed by atoms with van der Waals surface area (Å²) in [6.07, 6.45) is 0.551. The minimum absolute atomic E-state index is 0.128. The Morgan fingerprint density at radius 2 is 1.88 bits per heavy atom. The molecule has 0 saturated heterocycles. The van der Waals surface area contributed by atoms with E-state index < -0.39 is 5.25 Å². The summed E-state index contributed by atoms with van der Waals surface area (Å²) in [6, 6.07) is 18.5. The smallest absolute Gasteiger partial charge is 0.262 e. The monoisotopic (exact) mass is 448 g/mol. The van der Waals surface area contributed by atoms with Gasteiger partial charge >= 0.3 is 0 Å². The van der Waals surface area contributed by atoms with Crippen LogP contribution in [-0.2, 0) is 4.79 Å². The van der Waals surface area contributed by atoms with Gasteiger partial charge in [-0.3, -0.25) is 14.2 Å². The van der Waals surface area contributed by atoms with Gasteiger partial charge in [-0.2, -0.15) is 0 Å². The molecular weight excluding hydrogens is 424 g/mol. The number of rotatable bonds is 7. The van der Waals surface area contributed by atoms with Gasteiger partial charge in [0.1, 0.15) is 5.76 Å². The van der Waals surface area contributed by atoms with E-state index in [1.165, 1.54) is 11.8 Å². The number of nitrogens with one attached hydrogen (secondary N) is 1. The minimum Gasteiger partial charge on any atom is -0.360 e. The molecule has 0 aliphatic heterocycles. The highest BCUT2D eigenvalue weighted by Gasteiger charge is 2.25. The molecule has 4 aromatic rings. The molecule has 0 aliphatic rings. The van der Waals surface area contributed by atoms with E-state index in [1.54, 1.807) is 23.6 Å². The fourth-order valence-corrected chi connectivity index (χ4v) is 4.61. The van der Waals surface area contributed by atoms with Crippen LogP contribution in [0.4, 0.5) is 5.82 Å².